The van der Waals surface area contributed by atoms with Gasteiger partial charge in [0.15, 0.2) is 5.01 Å². The molecule has 5 nitrogen and oxygen atoms in total. The molecular weight excluding hydrogens is 334 g/mol. The van der Waals surface area contributed by atoms with Crippen molar-refractivity contribution in [2.45, 2.75) is 26.7 Å². The van der Waals surface area contributed by atoms with Gasteiger partial charge in [0, 0.05) is 49.5 Å². The number of nitrogens with zero attached hydrogens (tertiary/aromatic N) is 3. The maximum absolute atomic E-state index is 12.6. The van der Waals surface area contributed by atoms with E-state index in [0.29, 0.717) is 37.6 Å². The lowest BCUT2D eigenvalue weighted by atomic mass is 10.2. The van der Waals surface area contributed by atoms with Crippen molar-refractivity contribution in [1.82, 2.24) is 14.8 Å². The number of rotatable bonds is 4. The lowest BCUT2D eigenvalue weighted by Crippen LogP contribution is -2.33. The zero-order chi connectivity index (χ0) is 17.8. The van der Waals surface area contributed by atoms with Crippen molar-refractivity contribution in [2.75, 3.05) is 26.2 Å². The van der Waals surface area contributed by atoms with Crippen LogP contribution in [0.25, 0.3) is 0 Å². The Balaban J connectivity index is 1.71. The van der Waals surface area contributed by atoms with E-state index >= 15 is 0 Å². The van der Waals surface area contributed by atoms with Gasteiger partial charge < -0.3 is 9.80 Å². The molecule has 0 radical (unpaired) electrons. The molecular formula is C19H23N3O2S. The standard InChI is InChI=1S/C19H23N3O2S/c1-3-21(4-2)19(24)17-20-15-10-12-22(13-11-16(15)25-17)18(23)14-8-6-5-7-9-14/h5-9H,3-4,10-13H2,1-2H3. The number of aromatic nitrogens is 1. The van der Waals surface area contributed by atoms with Crippen LogP contribution in [0.1, 0.15) is 44.6 Å². The minimum atomic E-state index is 0.0142. The number of carbonyl (C=O) groups excluding carboxylic acids is 2. The Hall–Kier alpha value is -2.21. The lowest BCUT2D eigenvalue weighted by Gasteiger charge is -2.20. The molecule has 0 aliphatic carbocycles. The molecule has 0 unspecified atom stereocenters. The highest BCUT2D eigenvalue weighted by Crippen LogP contribution is 2.24. The second kappa shape index (κ2) is 7.78. The van der Waals surface area contributed by atoms with Gasteiger partial charge in [0.25, 0.3) is 11.8 Å². The van der Waals surface area contributed by atoms with Crippen LogP contribution in [0.2, 0.25) is 0 Å². The molecule has 0 bridgehead atoms. The quantitative estimate of drug-likeness (QED) is 0.845. The number of hydrogen-bond acceptors (Lipinski definition) is 4. The molecule has 2 amide bonds. The Morgan fingerprint density at radius 1 is 1.12 bits per heavy atom. The number of fused-ring (bicyclic) bond motifs is 1. The Morgan fingerprint density at radius 2 is 1.80 bits per heavy atom. The fourth-order valence-electron chi connectivity index (χ4n) is 3.07. The number of benzene rings is 1. The maximum Gasteiger partial charge on any atom is 0.282 e. The molecule has 1 aromatic heterocycles. The van der Waals surface area contributed by atoms with E-state index in [1.807, 2.05) is 49.1 Å². The highest BCUT2D eigenvalue weighted by Gasteiger charge is 2.25. The van der Waals surface area contributed by atoms with Gasteiger partial charge in [-0.05, 0) is 26.0 Å². The van der Waals surface area contributed by atoms with E-state index < -0.39 is 0 Å². The van der Waals surface area contributed by atoms with Gasteiger partial charge in [-0.1, -0.05) is 18.2 Å². The fraction of sp³-hybridized carbons (Fsp3) is 0.421. The molecule has 132 valence electrons. The van der Waals surface area contributed by atoms with Crippen LogP contribution in [0.5, 0.6) is 0 Å². The van der Waals surface area contributed by atoms with Gasteiger partial charge in [0.1, 0.15) is 0 Å². The molecule has 1 aliphatic rings. The molecule has 0 spiro atoms. The first kappa shape index (κ1) is 17.6. The maximum atomic E-state index is 12.6. The van der Waals surface area contributed by atoms with Crippen LogP contribution in [0, 0.1) is 0 Å². The Labute approximate surface area is 152 Å². The highest BCUT2D eigenvalue weighted by atomic mass is 32.1. The number of carbonyl (C=O) groups is 2. The summed E-state index contributed by atoms with van der Waals surface area (Å²) in [5, 5.41) is 0.580. The van der Waals surface area contributed by atoms with Crippen molar-refractivity contribution >= 4 is 23.2 Å². The predicted octanol–water partition coefficient (Wildman–Crippen LogP) is 2.87. The first-order chi connectivity index (χ1) is 12.1. The van der Waals surface area contributed by atoms with Crippen molar-refractivity contribution in [3.8, 4) is 0 Å². The van der Waals surface area contributed by atoms with Crippen LogP contribution >= 0.6 is 11.3 Å². The van der Waals surface area contributed by atoms with E-state index in [1.54, 1.807) is 4.90 Å². The molecule has 1 aliphatic heterocycles. The normalized spacial score (nSPS) is 13.9. The zero-order valence-electron chi connectivity index (χ0n) is 14.7. The van der Waals surface area contributed by atoms with Crippen molar-refractivity contribution < 1.29 is 9.59 Å². The monoisotopic (exact) mass is 357 g/mol. The number of thiazole rings is 1. The van der Waals surface area contributed by atoms with Crippen molar-refractivity contribution in [1.29, 1.82) is 0 Å². The van der Waals surface area contributed by atoms with Crippen LogP contribution < -0.4 is 0 Å². The van der Waals surface area contributed by atoms with E-state index in [4.69, 9.17) is 0 Å². The predicted molar refractivity (Wildman–Crippen MR) is 99.1 cm³/mol. The summed E-state index contributed by atoms with van der Waals surface area (Å²) < 4.78 is 0. The highest BCUT2D eigenvalue weighted by molar-refractivity contribution is 7.13. The van der Waals surface area contributed by atoms with Crippen LogP contribution in [-0.4, -0.2) is 52.8 Å². The van der Waals surface area contributed by atoms with Crippen LogP contribution in [0.4, 0.5) is 0 Å². The van der Waals surface area contributed by atoms with E-state index in [0.717, 1.165) is 22.6 Å². The van der Waals surface area contributed by atoms with Gasteiger partial charge in [-0.15, -0.1) is 11.3 Å². The lowest BCUT2D eigenvalue weighted by molar-refractivity contribution is 0.0756. The summed E-state index contributed by atoms with van der Waals surface area (Å²) in [6.45, 7) is 6.66. The first-order valence-electron chi connectivity index (χ1n) is 8.76. The van der Waals surface area contributed by atoms with Gasteiger partial charge >= 0.3 is 0 Å². The van der Waals surface area contributed by atoms with Gasteiger partial charge in [-0.25, -0.2) is 4.98 Å². The molecule has 0 saturated heterocycles. The second-order valence-corrected chi connectivity index (χ2v) is 7.11. The molecule has 0 saturated carbocycles. The van der Waals surface area contributed by atoms with E-state index in [1.165, 1.54) is 11.3 Å². The van der Waals surface area contributed by atoms with Gasteiger partial charge in [-0.3, -0.25) is 9.59 Å². The van der Waals surface area contributed by atoms with Crippen LogP contribution in [-0.2, 0) is 12.8 Å². The molecule has 6 heteroatoms. The summed E-state index contributed by atoms with van der Waals surface area (Å²) in [6.07, 6.45) is 1.47. The number of hydrogen-bond donors (Lipinski definition) is 0. The number of amides is 2. The minimum absolute atomic E-state index is 0.0142. The molecule has 2 aromatic rings. The average molecular weight is 357 g/mol. The van der Waals surface area contributed by atoms with E-state index in [-0.39, 0.29) is 11.8 Å². The average Bonchev–Trinajstić information content (AvgIpc) is 2.96. The fourth-order valence-corrected chi connectivity index (χ4v) is 4.13. The Bertz CT molecular complexity index is 728. The van der Waals surface area contributed by atoms with E-state index in [9.17, 15) is 9.59 Å². The molecule has 0 N–H and O–H groups in total. The molecule has 1 aromatic carbocycles. The summed E-state index contributed by atoms with van der Waals surface area (Å²) in [4.78, 5) is 34.5. The SMILES string of the molecule is CCN(CC)C(=O)c1nc2c(s1)CCN(C(=O)c1ccccc1)CC2. The summed E-state index contributed by atoms with van der Waals surface area (Å²) in [5.41, 5.74) is 1.70. The molecule has 3 rings (SSSR count). The van der Waals surface area contributed by atoms with Crippen LogP contribution in [0.3, 0.4) is 0 Å². The van der Waals surface area contributed by atoms with Crippen molar-refractivity contribution in [3.05, 3.63) is 51.5 Å². The minimum Gasteiger partial charge on any atom is -0.338 e. The van der Waals surface area contributed by atoms with Gasteiger partial charge in [-0.2, -0.15) is 0 Å². The smallest absolute Gasteiger partial charge is 0.282 e. The summed E-state index contributed by atoms with van der Waals surface area (Å²) in [6, 6.07) is 9.38. The van der Waals surface area contributed by atoms with Gasteiger partial charge in [0.05, 0.1) is 5.69 Å². The first-order valence-corrected chi connectivity index (χ1v) is 9.57. The van der Waals surface area contributed by atoms with Gasteiger partial charge in [0.2, 0.25) is 0 Å². The molecule has 0 atom stereocenters. The molecule has 25 heavy (non-hydrogen) atoms. The Morgan fingerprint density at radius 3 is 2.48 bits per heavy atom. The van der Waals surface area contributed by atoms with Crippen molar-refractivity contribution in [3.63, 3.8) is 0 Å². The molecule has 2 heterocycles. The Kier molecular flexibility index (Phi) is 5.48. The largest absolute Gasteiger partial charge is 0.338 e. The third-order valence-electron chi connectivity index (χ3n) is 4.55. The third kappa shape index (κ3) is 3.74. The molecule has 0 fully saturated rings. The van der Waals surface area contributed by atoms with Crippen molar-refractivity contribution in [2.24, 2.45) is 0 Å². The second-order valence-electron chi connectivity index (χ2n) is 6.02. The summed E-state index contributed by atoms with van der Waals surface area (Å²) >= 11 is 1.49. The zero-order valence-corrected chi connectivity index (χ0v) is 15.5. The van der Waals surface area contributed by atoms with Crippen LogP contribution in [0.15, 0.2) is 30.3 Å². The summed E-state index contributed by atoms with van der Waals surface area (Å²) in [7, 11) is 0. The third-order valence-corrected chi connectivity index (χ3v) is 5.69. The van der Waals surface area contributed by atoms with E-state index in [2.05, 4.69) is 4.98 Å². The topological polar surface area (TPSA) is 53.5 Å². The summed E-state index contributed by atoms with van der Waals surface area (Å²) in [5.74, 6) is 0.0792.